The van der Waals surface area contributed by atoms with Crippen LogP contribution in [-0.2, 0) is 7.05 Å². The first-order valence-electron chi connectivity index (χ1n) is 8.90. The lowest BCUT2D eigenvalue weighted by atomic mass is 10.1. The van der Waals surface area contributed by atoms with Crippen LogP contribution in [0.1, 0.15) is 0 Å². The summed E-state index contributed by atoms with van der Waals surface area (Å²) in [6.07, 6.45) is 7.63. The molecular weight excluding hydrogens is 352 g/mol. The maximum atomic E-state index is 9.84. The maximum Gasteiger partial charge on any atom is 0.161 e. The molecule has 0 amide bonds. The predicted octanol–water partition coefficient (Wildman–Crippen LogP) is 4.27. The highest BCUT2D eigenvalue weighted by Crippen LogP contribution is 2.31. The minimum absolute atomic E-state index is 0.104. The maximum absolute atomic E-state index is 9.84. The number of imidazole rings is 1. The molecule has 0 aliphatic carbocycles. The van der Waals surface area contributed by atoms with Gasteiger partial charge in [0, 0.05) is 41.5 Å². The van der Waals surface area contributed by atoms with Gasteiger partial charge in [0.15, 0.2) is 17.1 Å². The zero-order valence-corrected chi connectivity index (χ0v) is 15.5. The molecule has 0 atom stereocenters. The summed E-state index contributed by atoms with van der Waals surface area (Å²) in [6, 6.07) is 13.7. The molecule has 0 saturated heterocycles. The molecule has 2 aromatic carbocycles. The number of methoxy groups -OCH3 is 1. The molecule has 5 rings (SSSR count). The van der Waals surface area contributed by atoms with Crippen LogP contribution in [0.4, 0.5) is 0 Å². The second-order valence-electron chi connectivity index (χ2n) is 6.73. The number of nitrogens with zero attached hydrogens (tertiary/aromatic N) is 4. The van der Waals surface area contributed by atoms with Crippen molar-refractivity contribution in [2.75, 3.05) is 7.11 Å². The van der Waals surface area contributed by atoms with E-state index < -0.39 is 0 Å². The first-order chi connectivity index (χ1) is 13.6. The Hall–Kier alpha value is -3.80. The van der Waals surface area contributed by atoms with Gasteiger partial charge in [0.2, 0.25) is 0 Å². The molecule has 0 saturated carbocycles. The van der Waals surface area contributed by atoms with Crippen molar-refractivity contribution in [1.82, 2.24) is 18.9 Å². The van der Waals surface area contributed by atoms with E-state index in [1.807, 2.05) is 29.9 Å². The van der Waals surface area contributed by atoms with Crippen LogP contribution in [0.5, 0.6) is 11.5 Å². The van der Waals surface area contributed by atoms with E-state index in [-0.39, 0.29) is 5.75 Å². The van der Waals surface area contributed by atoms with Crippen LogP contribution in [0.2, 0.25) is 0 Å². The Labute approximate surface area is 161 Å². The Morgan fingerprint density at radius 3 is 2.68 bits per heavy atom. The quantitative estimate of drug-likeness (QED) is 0.515. The Bertz CT molecular complexity index is 1330. The third-order valence-electron chi connectivity index (χ3n) is 5.05. The number of ether oxygens (including phenoxy) is 1. The molecule has 6 heteroatoms. The fourth-order valence-corrected chi connectivity index (χ4v) is 3.53. The monoisotopic (exact) mass is 370 g/mol. The number of benzene rings is 2. The van der Waals surface area contributed by atoms with E-state index in [1.54, 1.807) is 18.3 Å². The second kappa shape index (κ2) is 6.13. The average molecular weight is 370 g/mol. The molecular formula is C22H18N4O2. The van der Waals surface area contributed by atoms with Gasteiger partial charge in [-0.25, -0.2) is 4.98 Å². The topological polar surface area (TPSA) is 64.6 Å². The van der Waals surface area contributed by atoms with Crippen molar-refractivity contribution in [3.05, 3.63) is 67.3 Å². The standard InChI is InChI=1S/C22H18N4O2/c1-25-8-7-16-9-15(3-5-18(16)25)19-11-24-22-12-23-17(13-26(19)22)14-4-6-20(27)21(10-14)28-2/h3-13,27H,1-2H3. The fraction of sp³-hybridized carbons (Fsp3) is 0.0909. The smallest absolute Gasteiger partial charge is 0.161 e. The highest BCUT2D eigenvalue weighted by Gasteiger charge is 2.11. The summed E-state index contributed by atoms with van der Waals surface area (Å²) >= 11 is 0. The molecule has 0 bridgehead atoms. The summed E-state index contributed by atoms with van der Waals surface area (Å²) in [6.45, 7) is 0. The van der Waals surface area contributed by atoms with Gasteiger partial charge in [0.1, 0.15) is 0 Å². The summed E-state index contributed by atoms with van der Waals surface area (Å²) in [5.41, 5.74) is 5.68. The van der Waals surface area contributed by atoms with Crippen molar-refractivity contribution in [3.8, 4) is 34.0 Å². The number of hydrogen-bond donors (Lipinski definition) is 1. The number of aromatic hydroxyl groups is 1. The van der Waals surface area contributed by atoms with Gasteiger partial charge in [0.05, 0.1) is 30.9 Å². The summed E-state index contributed by atoms with van der Waals surface area (Å²) < 4.78 is 9.36. The number of fused-ring (bicyclic) bond motifs is 2. The van der Waals surface area contributed by atoms with Crippen molar-refractivity contribution in [2.24, 2.45) is 7.05 Å². The molecule has 0 unspecified atom stereocenters. The molecule has 5 aromatic rings. The SMILES string of the molecule is COc1cc(-c2cn3c(-c4ccc5c(ccn5C)c4)cnc3cn2)ccc1O. The zero-order valence-electron chi connectivity index (χ0n) is 15.5. The lowest BCUT2D eigenvalue weighted by molar-refractivity contribution is 0.373. The van der Waals surface area contributed by atoms with Crippen LogP contribution in [0.15, 0.2) is 67.3 Å². The van der Waals surface area contributed by atoms with Crippen LogP contribution in [0.25, 0.3) is 39.1 Å². The average Bonchev–Trinajstić information content (AvgIpc) is 3.31. The van der Waals surface area contributed by atoms with Gasteiger partial charge < -0.3 is 14.4 Å². The summed E-state index contributed by atoms with van der Waals surface area (Å²) in [5, 5.41) is 11.0. The van der Waals surface area contributed by atoms with E-state index in [9.17, 15) is 5.11 Å². The van der Waals surface area contributed by atoms with E-state index in [2.05, 4.69) is 45.0 Å². The largest absolute Gasteiger partial charge is 0.504 e. The molecule has 0 spiro atoms. The van der Waals surface area contributed by atoms with Crippen molar-refractivity contribution in [2.45, 2.75) is 0 Å². The van der Waals surface area contributed by atoms with Crippen LogP contribution < -0.4 is 4.74 Å². The Balaban J connectivity index is 1.65. The van der Waals surface area contributed by atoms with E-state index in [0.29, 0.717) is 5.75 Å². The number of phenolic OH excluding ortho intramolecular Hbond substituents is 1. The van der Waals surface area contributed by atoms with E-state index in [4.69, 9.17) is 4.74 Å². The molecule has 3 aromatic heterocycles. The first-order valence-corrected chi connectivity index (χ1v) is 8.90. The van der Waals surface area contributed by atoms with Gasteiger partial charge in [0.25, 0.3) is 0 Å². The molecule has 0 radical (unpaired) electrons. The minimum Gasteiger partial charge on any atom is -0.504 e. The van der Waals surface area contributed by atoms with Gasteiger partial charge in [-0.3, -0.25) is 9.38 Å². The Morgan fingerprint density at radius 2 is 1.82 bits per heavy atom. The Morgan fingerprint density at radius 1 is 0.964 bits per heavy atom. The number of hydrogen-bond acceptors (Lipinski definition) is 4. The summed E-state index contributed by atoms with van der Waals surface area (Å²) in [7, 11) is 3.57. The predicted molar refractivity (Wildman–Crippen MR) is 109 cm³/mol. The van der Waals surface area contributed by atoms with Crippen LogP contribution in [0, 0.1) is 0 Å². The van der Waals surface area contributed by atoms with Crippen LogP contribution in [-0.4, -0.2) is 31.2 Å². The van der Waals surface area contributed by atoms with Crippen molar-refractivity contribution < 1.29 is 9.84 Å². The van der Waals surface area contributed by atoms with E-state index in [0.717, 1.165) is 28.2 Å². The second-order valence-corrected chi connectivity index (χ2v) is 6.73. The molecule has 6 nitrogen and oxygen atoms in total. The summed E-state index contributed by atoms with van der Waals surface area (Å²) in [5.74, 6) is 0.520. The molecule has 3 heterocycles. The van der Waals surface area contributed by atoms with Gasteiger partial charge in [-0.2, -0.15) is 0 Å². The van der Waals surface area contributed by atoms with Gasteiger partial charge >= 0.3 is 0 Å². The molecule has 138 valence electrons. The first kappa shape index (κ1) is 16.4. The lowest BCUT2D eigenvalue weighted by Crippen LogP contribution is -1.94. The van der Waals surface area contributed by atoms with Crippen molar-refractivity contribution in [1.29, 1.82) is 0 Å². The van der Waals surface area contributed by atoms with E-state index >= 15 is 0 Å². The molecule has 0 fully saturated rings. The highest BCUT2D eigenvalue weighted by atomic mass is 16.5. The van der Waals surface area contributed by atoms with Gasteiger partial charge in [-0.1, -0.05) is 6.07 Å². The third-order valence-corrected chi connectivity index (χ3v) is 5.05. The van der Waals surface area contributed by atoms with Crippen LogP contribution in [0.3, 0.4) is 0 Å². The number of aromatic nitrogens is 4. The number of phenols is 1. The zero-order chi connectivity index (χ0) is 19.3. The molecule has 1 N–H and O–H groups in total. The normalized spacial score (nSPS) is 11.4. The van der Waals surface area contributed by atoms with Crippen LogP contribution >= 0.6 is 0 Å². The van der Waals surface area contributed by atoms with E-state index in [1.165, 1.54) is 18.0 Å². The minimum atomic E-state index is 0.104. The summed E-state index contributed by atoms with van der Waals surface area (Å²) in [4.78, 5) is 9.01. The fourth-order valence-electron chi connectivity index (χ4n) is 3.53. The molecule has 28 heavy (non-hydrogen) atoms. The molecule has 0 aliphatic rings. The van der Waals surface area contributed by atoms with Gasteiger partial charge in [-0.05, 0) is 36.4 Å². The highest BCUT2D eigenvalue weighted by molar-refractivity contribution is 5.85. The van der Waals surface area contributed by atoms with Crippen molar-refractivity contribution >= 4 is 16.6 Å². The van der Waals surface area contributed by atoms with Gasteiger partial charge in [-0.15, -0.1) is 0 Å². The lowest BCUT2D eigenvalue weighted by Gasteiger charge is -2.08. The molecule has 0 aliphatic heterocycles. The Kier molecular flexibility index (Phi) is 3.58. The van der Waals surface area contributed by atoms with Crippen molar-refractivity contribution in [3.63, 3.8) is 0 Å². The number of rotatable bonds is 3. The third kappa shape index (κ3) is 2.50. The number of aryl methyl sites for hydroxylation is 1.